The minimum atomic E-state index is -1.93. The molecule has 0 amide bonds. The Morgan fingerprint density at radius 2 is 1.75 bits per heavy atom. The molecule has 0 aromatic heterocycles. The molecule has 0 N–H and O–H groups in total. The molecule has 0 bridgehead atoms. The van der Waals surface area contributed by atoms with E-state index in [0.717, 1.165) is 3.12 Å². The molecule has 0 unspecified atom stereocenters. The minimum absolute atomic E-state index is 0.951. The van der Waals surface area contributed by atoms with Crippen molar-refractivity contribution in [2.75, 3.05) is 0 Å². The van der Waals surface area contributed by atoms with E-state index in [-0.39, 0.29) is 0 Å². The maximum atomic E-state index is 11.9. The summed E-state index contributed by atoms with van der Waals surface area (Å²) in [5, 5.41) is 0. The van der Waals surface area contributed by atoms with E-state index < -0.39 is 24.9 Å². The van der Waals surface area contributed by atoms with Crippen molar-refractivity contribution in [2.24, 2.45) is 0 Å². The van der Waals surface area contributed by atoms with Crippen molar-refractivity contribution in [3.63, 3.8) is 0 Å². The van der Waals surface area contributed by atoms with Crippen LogP contribution in [0, 0.1) is 0 Å². The van der Waals surface area contributed by atoms with Gasteiger partial charge in [0.25, 0.3) is 0 Å². The van der Waals surface area contributed by atoms with Gasteiger partial charge in [-0.15, -0.1) is 0 Å². The third-order valence-electron chi connectivity index (χ3n) is 0.926. The first-order valence-electron chi connectivity index (χ1n) is 2.42. The summed E-state index contributed by atoms with van der Waals surface area (Å²) in [6.07, 6.45) is 0. The second-order valence-electron chi connectivity index (χ2n) is 1.52. The number of hydrogen-bond donors (Lipinski definition) is 0. The fourth-order valence-corrected chi connectivity index (χ4v) is 1.96. The summed E-state index contributed by atoms with van der Waals surface area (Å²) in [7, 11) is 0. The van der Waals surface area contributed by atoms with Gasteiger partial charge >= 0.3 is 60.8 Å². The molecular formula is C6H5FTl. The molecule has 1 rings (SSSR count). The van der Waals surface area contributed by atoms with Gasteiger partial charge in [-0.3, -0.25) is 0 Å². The van der Waals surface area contributed by atoms with Crippen LogP contribution in [0.25, 0.3) is 0 Å². The van der Waals surface area contributed by atoms with Crippen molar-refractivity contribution in [1.82, 2.24) is 0 Å². The first-order valence-corrected chi connectivity index (χ1v) is 6.36. The van der Waals surface area contributed by atoms with Gasteiger partial charge in [-0.1, -0.05) is 0 Å². The number of rotatable bonds is 1. The molecule has 0 aliphatic carbocycles. The van der Waals surface area contributed by atoms with Crippen LogP contribution in [-0.2, 0) is 0 Å². The van der Waals surface area contributed by atoms with E-state index in [1.165, 1.54) is 0 Å². The molecule has 0 saturated heterocycles. The fourth-order valence-electron chi connectivity index (χ4n) is 0.526. The predicted octanol–water partition coefficient (Wildman–Crippen LogP) is 0.901. The first-order chi connectivity index (χ1) is 3.93. The van der Waals surface area contributed by atoms with Crippen molar-refractivity contribution in [2.45, 2.75) is 0 Å². The van der Waals surface area contributed by atoms with E-state index in [2.05, 4.69) is 0 Å². The van der Waals surface area contributed by atoms with Gasteiger partial charge < -0.3 is 0 Å². The molecule has 0 aliphatic rings. The SMILES string of the molecule is [F][Tl][c]1ccccc1. The molecule has 0 spiro atoms. The molecule has 8 heavy (non-hydrogen) atoms. The van der Waals surface area contributed by atoms with Crippen LogP contribution in [0.5, 0.6) is 0 Å². The van der Waals surface area contributed by atoms with E-state index >= 15 is 0 Å². The van der Waals surface area contributed by atoms with Gasteiger partial charge in [0, 0.05) is 0 Å². The molecule has 0 fully saturated rings. The summed E-state index contributed by atoms with van der Waals surface area (Å²) in [5.41, 5.74) is 0. The van der Waals surface area contributed by atoms with E-state index in [4.69, 9.17) is 0 Å². The normalized spacial score (nSPS) is 8.12. The van der Waals surface area contributed by atoms with Crippen LogP contribution in [0.3, 0.4) is 0 Å². The molecule has 0 atom stereocenters. The number of halogens is 1. The molecular weight excluding hydrogens is 295 g/mol. The third kappa shape index (κ3) is 1.54. The van der Waals surface area contributed by atoms with E-state index in [0.29, 0.717) is 0 Å². The average molecular weight is 300 g/mol. The zero-order chi connectivity index (χ0) is 5.82. The molecule has 2 heteroatoms. The summed E-state index contributed by atoms with van der Waals surface area (Å²) >= 11 is -1.93. The Morgan fingerprint density at radius 1 is 1.12 bits per heavy atom. The molecule has 39 valence electrons. The zero-order valence-corrected chi connectivity index (χ0v) is 8.83. The topological polar surface area (TPSA) is 0 Å². The molecule has 1 aromatic carbocycles. The van der Waals surface area contributed by atoms with Gasteiger partial charge in [-0.25, -0.2) is 0 Å². The van der Waals surface area contributed by atoms with E-state index in [1.54, 1.807) is 0 Å². The monoisotopic (exact) mass is 301 g/mol. The second-order valence-corrected chi connectivity index (χ2v) is 4.96. The van der Waals surface area contributed by atoms with Crippen molar-refractivity contribution < 1.29 is 2.51 Å². The molecule has 0 heterocycles. The first kappa shape index (κ1) is 6.20. The van der Waals surface area contributed by atoms with Gasteiger partial charge in [0.15, 0.2) is 0 Å². The average Bonchev–Trinajstić information content (AvgIpc) is 1.90. The maximum absolute atomic E-state index is 11.9. The summed E-state index contributed by atoms with van der Waals surface area (Å²) in [6.45, 7) is 0. The Morgan fingerprint density at radius 3 is 2.12 bits per heavy atom. The summed E-state index contributed by atoms with van der Waals surface area (Å²) in [4.78, 5) is 0. The van der Waals surface area contributed by atoms with Gasteiger partial charge in [-0.2, -0.15) is 0 Å². The Hall–Kier alpha value is 0.0721. The fraction of sp³-hybridized carbons (Fsp3) is 0. The Kier molecular flexibility index (Phi) is 2.45. The van der Waals surface area contributed by atoms with Gasteiger partial charge in [0.1, 0.15) is 0 Å². The molecule has 0 aliphatic heterocycles. The standard InChI is InChI=1S/C6H5.FH.Tl/c1-2-4-6-5-3-1;;/h1-5H;1H;/q;;+1/p-1. The van der Waals surface area contributed by atoms with Gasteiger partial charge in [0.2, 0.25) is 0 Å². The van der Waals surface area contributed by atoms with Crippen LogP contribution in [0.4, 0.5) is 2.51 Å². The summed E-state index contributed by atoms with van der Waals surface area (Å²) in [6, 6.07) is 9.38. The van der Waals surface area contributed by atoms with Crippen LogP contribution in [-0.4, -0.2) is 24.9 Å². The van der Waals surface area contributed by atoms with Crippen molar-refractivity contribution in [1.29, 1.82) is 0 Å². The molecule has 0 nitrogen and oxygen atoms in total. The van der Waals surface area contributed by atoms with Gasteiger partial charge in [0.05, 0.1) is 0 Å². The summed E-state index contributed by atoms with van der Waals surface area (Å²) in [5.74, 6) is 0. The van der Waals surface area contributed by atoms with E-state index in [1.807, 2.05) is 30.3 Å². The molecule has 1 aromatic rings. The number of hydrogen-bond acceptors (Lipinski definition) is 0. The second kappa shape index (κ2) is 3.17. The van der Waals surface area contributed by atoms with Crippen molar-refractivity contribution >= 4 is 28.0 Å². The molecule has 0 saturated carbocycles. The van der Waals surface area contributed by atoms with Crippen LogP contribution < -0.4 is 3.12 Å². The number of benzene rings is 1. The molecule has 0 radical (unpaired) electrons. The van der Waals surface area contributed by atoms with E-state index in [9.17, 15) is 2.51 Å². The van der Waals surface area contributed by atoms with Gasteiger partial charge in [-0.05, 0) is 0 Å². The Balaban J connectivity index is 2.83. The van der Waals surface area contributed by atoms with Crippen LogP contribution >= 0.6 is 0 Å². The van der Waals surface area contributed by atoms with Crippen LogP contribution in [0.15, 0.2) is 30.3 Å². The van der Waals surface area contributed by atoms with Crippen molar-refractivity contribution in [3.05, 3.63) is 30.3 Å². The zero-order valence-electron chi connectivity index (χ0n) is 4.34. The Labute approximate surface area is 60.9 Å². The quantitative estimate of drug-likeness (QED) is 0.676. The predicted molar refractivity (Wildman–Crippen MR) is 32.9 cm³/mol. The van der Waals surface area contributed by atoms with Crippen molar-refractivity contribution in [3.8, 4) is 0 Å². The van der Waals surface area contributed by atoms with Crippen LogP contribution in [0.1, 0.15) is 0 Å². The summed E-state index contributed by atoms with van der Waals surface area (Å²) < 4.78 is 12.9. The van der Waals surface area contributed by atoms with Crippen LogP contribution in [0.2, 0.25) is 0 Å². The Bertz CT molecular complexity index is 150. The third-order valence-corrected chi connectivity index (χ3v) is 3.40.